The number of carbonyl (C=O) groups excluding carboxylic acids is 1. The van der Waals surface area contributed by atoms with Crippen LogP contribution >= 0.6 is 0 Å². The number of fused-ring (bicyclic) bond motifs is 1. The number of hydrogen-bond acceptors (Lipinski definition) is 7. The number of ether oxygens (including phenoxy) is 2. The molecule has 1 amide bonds. The molecule has 0 atom stereocenters. The third-order valence-electron chi connectivity index (χ3n) is 4.04. The number of aromatic nitrogens is 4. The first kappa shape index (κ1) is 16.8. The van der Waals surface area contributed by atoms with Gasteiger partial charge in [-0.1, -0.05) is 0 Å². The highest BCUT2D eigenvalue weighted by Gasteiger charge is 2.15. The van der Waals surface area contributed by atoms with Crippen LogP contribution in [-0.4, -0.2) is 47.0 Å². The Morgan fingerprint density at radius 2 is 1.93 bits per heavy atom. The number of rotatable bonds is 5. The maximum atomic E-state index is 12.2. The molecule has 0 bridgehead atoms. The number of amides is 1. The zero-order chi connectivity index (χ0) is 18.8. The maximum Gasteiger partial charge on any atom is 0.248 e. The molecule has 0 saturated carbocycles. The molecule has 27 heavy (non-hydrogen) atoms. The van der Waals surface area contributed by atoms with E-state index >= 15 is 0 Å². The van der Waals surface area contributed by atoms with Crippen molar-refractivity contribution < 1.29 is 14.3 Å². The monoisotopic (exact) mass is 366 g/mol. The average Bonchev–Trinajstić information content (AvgIpc) is 3.30. The number of nitrogens with one attached hydrogen (secondary N) is 1. The summed E-state index contributed by atoms with van der Waals surface area (Å²) in [6.45, 7) is 0.144. The van der Waals surface area contributed by atoms with E-state index in [1.54, 1.807) is 18.2 Å². The molecule has 0 fully saturated rings. The summed E-state index contributed by atoms with van der Waals surface area (Å²) in [5.74, 6) is 1.47. The predicted molar refractivity (Wildman–Crippen MR) is 98.8 cm³/mol. The van der Waals surface area contributed by atoms with Gasteiger partial charge in [-0.3, -0.25) is 4.79 Å². The van der Waals surface area contributed by atoms with Gasteiger partial charge in [-0.2, -0.15) is 4.80 Å². The lowest BCUT2D eigenvalue weighted by Gasteiger charge is -2.11. The Bertz CT molecular complexity index is 967. The van der Waals surface area contributed by atoms with Gasteiger partial charge < -0.3 is 19.7 Å². The maximum absolute atomic E-state index is 12.2. The second kappa shape index (κ2) is 6.94. The lowest BCUT2D eigenvalue weighted by atomic mass is 10.2. The minimum absolute atomic E-state index is 0.0444. The van der Waals surface area contributed by atoms with Crippen LogP contribution in [0.1, 0.15) is 0 Å². The molecule has 9 heteroatoms. The summed E-state index contributed by atoms with van der Waals surface area (Å²) in [7, 11) is 3.95. The highest BCUT2D eigenvalue weighted by molar-refractivity contribution is 5.90. The van der Waals surface area contributed by atoms with Gasteiger partial charge in [0.1, 0.15) is 6.54 Å². The quantitative estimate of drug-likeness (QED) is 0.735. The minimum atomic E-state index is -0.263. The summed E-state index contributed by atoms with van der Waals surface area (Å²) in [6.07, 6.45) is 0. The lowest BCUT2D eigenvalue weighted by Crippen LogP contribution is -2.20. The molecule has 0 radical (unpaired) electrons. The Hall–Kier alpha value is -3.62. The topological polar surface area (TPSA) is 94.4 Å². The van der Waals surface area contributed by atoms with E-state index in [0.717, 1.165) is 11.3 Å². The van der Waals surface area contributed by atoms with Gasteiger partial charge in [-0.25, -0.2) is 0 Å². The Morgan fingerprint density at radius 3 is 2.70 bits per heavy atom. The normalized spacial score (nSPS) is 12.1. The largest absolute Gasteiger partial charge is 0.454 e. The second-order valence-corrected chi connectivity index (χ2v) is 6.20. The Labute approximate surface area is 155 Å². The van der Waals surface area contributed by atoms with Crippen LogP contribution in [-0.2, 0) is 11.3 Å². The smallest absolute Gasteiger partial charge is 0.248 e. The van der Waals surface area contributed by atoms with E-state index in [1.807, 2.05) is 43.3 Å². The molecule has 0 spiro atoms. The van der Waals surface area contributed by atoms with Crippen LogP contribution in [0.25, 0.3) is 11.4 Å². The van der Waals surface area contributed by atoms with Gasteiger partial charge in [-0.15, -0.1) is 10.2 Å². The van der Waals surface area contributed by atoms with Crippen LogP contribution in [0.2, 0.25) is 0 Å². The van der Waals surface area contributed by atoms with Crippen molar-refractivity contribution in [3.63, 3.8) is 0 Å². The van der Waals surface area contributed by atoms with Crippen LogP contribution < -0.4 is 19.7 Å². The lowest BCUT2D eigenvalue weighted by molar-refractivity contribution is -0.117. The molecule has 0 aliphatic carbocycles. The molecule has 3 aromatic rings. The SMILES string of the molecule is CN(C)c1ccc(-c2nnn(CC(=O)Nc3ccc4c(c3)OCO4)n2)cc1. The minimum Gasteiger partial charge on any atom is -0.454 e. The van der Waals surface area contributed by atoms with Gasteiger partial charge in [0.05, 0.1) is 0 Å². The van der Waals surface area contributed by atoms with Gasteiger partial charge in [0.25, 0.3) is 0 Å². The van der Waals surface area contributed by atoms with Crippen LogP contribution in [0.5, 0.6) is 11.5 Å². The molecule has 1 aliphatic heterocycles. The third-order valence-corrected chi connectivity index (χ3v) is 4.04. The number of nitrogens with zero attached hydrogens (tertiary/aromatic N) is 5. The molecule has 0 unspecified atom stereocenters. The van der Waals surface area contributed by atoms with Crippen molar-refractivity contribution in [3.05, 3.63) is 42.5 Å². The van der Waals surface area contributed by atoms with E-state index in [-0.39, 0.29) is 19.2 Å². The molecule has 0 saturated heterocycles. The summed E-state index contributed by atoms with van der Waals surface area (Å²) in [5, 5.41) is 15.0. The van der Waals surface area contributed by atoms with Gasteiger partial charge in [0.15, 0.2) is 11.5 Å². The van der Waals surface area contributed by atoms with Crippen LogP contribution in [0.15, 0.2) is 42.5 Å². The molecule has 1 aliphatic rings. The Morgan fingerprint density at radius 1 is 1.15 bits per heavy atom. The highest BCUT2D eigenvalue weighted by atomic mass is 16.7. The van der Waals surface area contributed by atoms with Gasteiger partial charge >= 0.3 is 0 Å². The number of benzene rings is 2. The van der Waals surface area contributed by atoms with E-state index in [9.17, 15) is 4.79 Å². The standard InChI is InChI=1S/C18H18N6O3/c1-23(2)14-6-3-12(4-7-14)18-20-22-24(21-18)10-17(25)19-13-5-8-15-16(9-13)27-11-26-15/h3-9H,10-11H2,1-2H3,(H,19,25). The van der Waals surface area contributed by atoms with Crippen molar-refractivity contribution in [1.29, 1.82) is 0 Å². The molecular formula is C18H18N6O3. The summed E-state index contributed by atoms with van der Waals surface area (Å²) in [5.41, 5.74) is 2.53. The number of hydrogen-bond donors (Lipinski definition) is 1. The zero-order valence-electron chi connectivity index (χ0n) is 14.9. The second-order valence-electron chi connectivity index (χ2n) is 6.20. The van der Waals surface area contributed by atoms with E-state index in [0.29, 0.717) is 23.0 Å². The molecule has 2 aromatic carbocycles. The van der Waals surface area contributed by atoms with Crippen molar-refractivity contribution in [2.45, 2.75) is 6.54 Å². The van der Waals surface area contributed by atoms with E-state index in [2.05, 4.69) is 20.7 Å². The van der Waals surface area contributed by atoms with Gasteiger partial charge in [-0.05, 0) is 41.6 Å². The predicted octanol–water partition coefficient (Wildman–Crippen LogP) is 1.77. The zero-order valence-corrected chi connectivity index (χ0v) is 14.9. The Balaban J connectivity index is 1.40. The van der Waals surface area contributed by atoms with Crippen molar-refractivity contribution in [2.75, 3.05) is 31.1 Å². The molecule has 1 N–H and O–H groups in total. The number of tetrazole rings is 1. The molecule has 1 aromatic heterocycles. The van der Waals surface area contributed by atoms with Gasteiger partial charge in [0.2, 0.25) is 18.5 Å². The Kier molecular flexibility index (Phi) is 4.33. The van der Waals surface area contributed by atoms with Crippen molar-refractivity contribution in [1.82, 2.24) is 20.2 Å². The molecular weight excluding hydrogens is 348 g/mol. The average molecular weight is 366 g/mol. The molecule has 9 nitrogen and oxygen atoms in total. The fourth-order valence-electron chi connectivity index (χ4n) is 2.64. The summed E-state index contributed by atoms with van der Waals surface area (Å²) >= 11 is 0. The summed E-state index contributed by atoms with van der Waals surface area (Å²) in [4.78, 5) is 15.5. The van der Waals surface area contributed by atoms with E-state index in [4.69, 9.17) is 9.47 Å². The molecule has 4 rings (SSSR count). The van der Waals surface area contributed by atoms with Crippen LogP contribution in [0, 0.1) is 0 Å². The summed E-state index contributed by atoms with van der Waals surface area (Å²) in [6, 6.07) is 13.0. The molecule has 2 heterocycles. The first-order valence-corrected chi connectivity index (χ1v) is 8.33. The highest BCUT2D eigenvalue weighted by Crippen LogP contribution is 2.34. The van der Waals surface area contributed by atoms with Crippen LogP contribution in [0.4, 0.5) is 11.4 Å². The van der Waals surface area contributed by atoms with Crippen molar-refractivity contribution in [3.8, 4) is 22.9 Å². The summed E-state index contributed by atoms with van der Waals surface area (Å²) < 4.78 is 10.5. The first-order chi connectivity index (χ1) is 13.1. The number of anilines is 2. The van der Waals surface area contributed by atoms with E-state index in [1.165, 1.54) is 4.80 Å². The third kappa shape index (κ3) is 3.66. The number of carbonyl (C=O) groups is 1. The van der Waals surface area contributed by atoms with Gasteiger partial charge in [0, 0.05) is 37.1 Å². The van der Waals surface area contributed by atoms with Crippen molar-refractivity contribution in [2.24, 2.45) is 0 Å². The fraction of sp³-hybridized carbons (Fsp3) is 0.222. The van der Waals surface area contributed by atoms with Crippen LogP contribution in [0.3, 0.4) is 0 Å². The van der Waals surface area contributed by atoms with E-state index < -0.39 is 0 Å². The van der Waals surface area contributed by atoms with Crippen molar-refractivity contribution >= 4 is 17.3 Å². The fourth-order valence-corrected chi connectivity index (χ4v) is 2.64. The molecule has 138 valence electrons. The first-order valence-electron chi connectivity index (χ1n) is 8.33.